The third-order valence-electron chi connectivity index (χ3n) is 2.60. The zero-order chi connectivity index (χ0) is 14.4. The molecule has 1 N–H and O–H groups in total. The summed E-state index contributed by atoms with van der Waals surface area (Å²) in [4.78, 5) is 0. The monoisotopic (exact) mass is 304 g/mol. The smallest absolute Gasteiger partial charge is 0.0749 e. The second-order valence-corrected chi connectivity index (χ2v) is 5.08. The Labute approximate surface area is 128 Å². The first-order chi connectivity index (χ1) is 9.65. The minimum Gasteiger partial charge on any atom is -0.277 e. The normalized spacial score (nSPS) is 11.8. The van der Waals surface area contributed by atoms with Crippen molar-refractivity contribution in [2.45, 2.75) is 6.92 Å². The highest BCUT2D eigenvalue weighted by atomic mass is 35.5. The van der Waals surface area contributed by atoms with E-state index in [1.807, 2.05) is 49.4 Å². The van der Waals surface area contributed by atoms with Crippen molar-refractivity contribution in [1.82, 2.24) is 0 Å². The van der Waals surface area contributed by atoms with Crippen LogP contribution < -0.4 is 5.43 Å². The fraction of sp³-hybridized carbons (Fsp3) is 0.0625. The third kappa shape index (κ3) is 4.41. The molecule has 0 saturated carbocycles. The van der Waals surface area contributed by atoms with Crippen LogP contribution in [0.2, 0.25) is 10.0 Å². The molecule has 0 unspecified atom stereocenters. The van der Waals surface area contributed by atoms with E-state index in [-0.39, 0.29) is 0 Å². The Kier molecular flexibility index (Phi) is 5.22. The van der Waals surface area contributed by atoms with Gasteiger partial charge < -0.3 is 0 Å². The largest absolute Gasteiger partial charge is 0.277 e. The maximum absolute atomic E-state index is 6.05. The zero-order valence-electron chi connectivity index (χ0n) is 11.0. The van der Waals surface area contributed by atoms with Crippen molar-refractivity contribution in [3.05, 3.63) is 70.2 Å². The Bertz CT molecular complexity index is 634. The number of nitrogens with one attached hydrogen (secondary N) is 1. The van der Waals surface area contributed by atoms with Gasteiger partial charge in [0.25, 0.3) is 0 Å². The van der Waals surface area contributed by atoms with E-state index in [4.69, 9.17) is 23.2 Å². The number of nitrogens with zero attached hydrogens (tertiary/aromatic N) is 1. The number of hydrazone groups is 1. The van der Waals surface area contributed by atoms with Crippen LogP contribution in [-0.4, -0.2) is 5.71 Å². The highest BCUT2D eigenvalue weighted by Crippen LogP contribution is 2.25. The maximum Gasteiger partial charge on any atom is 0.0749 e. The summed E-state index contributed by atoms with van der Waals surface area (Å²) in [7, 11) is 0. The summed E-state index contributed by atoms with van der Waals surface area (Å²) in [6.45, 7) is 1.91. The van der Waals surface area contributed by atoms with Crippen LogP contribution in [0.15, 0.2) is 59.7 Å². The molecule has 0 heterocycles. The molecule has 0 aliphatic carbocycles. The first kappa shape index (κ1) is 14.6. The molecule has 0 saturated heterocycles. The van der Waals surface area contributed by atoms with E-state index in [2.05, 4.69) is 10.5 Å². The van der Waals surface area contributed by atoms with Gasteiger partial charge in [-0.1, -0.05) is 59.6 Å². The molecule has 0 spiro atoms. The van der Waals surface area contributed by atoms with Gasteiger partial charge in [-0.25, -0.2) is 0 Å². The molecule has 2 aromatic rings. The molecule has 20 heavy (non-hydrogen) atoms. The van der Waals surface area contributed by atoms with Crippen molar-refractivity contribution in [3.63, 3.8) is 0 Å². The van der Waals surface area contributed by atoms with E-state index in [9.17, 15) is 0 Å². The van der Waals surface area contributed by atoms with E-state index < -0.39 is 0 Å². The summed E-state index contributed by atoms with van der Waals surface area (Å²) in [6, 6.07) is 15.3. The fourth-order valence-corrected chi connectivity index (χ4v) is 2.00. The molecule has 2 rings (SSSR count). The van der Waals surface area contributed by atoms with Crippen LogP contribution in [0.1, 0.15) is 12.5 Å². The van der Waals surface area contributed by atoms with Gasteiger partial charge in [0, 0.05) is 5.02 Å². The second kappa shape index (κ2) is 7.13. The van der Waals surface area contributed by atoms with E-state index >= 15 is 0 Å². The standard InChI is InChI=1S/C16H14Cl2N2/c1-12(7-8-13-5-3-2-4-6-13)19-20-16-10-9-14(17)11-15(16)18/h2-11,20H,1H3/b8-7+,19-12-. The highest BCUT2D eigenvalue weighted by molar-refractivity contribution is 6.36. The van der Waals surface area contributed by atoms with E-state index in [0.29, 0.717) is 10.0 Å². The molecule has 2 nitrogen and oxygen atoms in total. The van der Waals surface area contributed by atoms with Gasteiger partial charge in [-0.15, -0.1) is 0 Å². The molecule has 0 amide bonds. The Morgan fingerprint density at radius 1 is 1.10 bits per heavy atom. The Morgan fingerprint density at radius 3 is 2.55 bits per heavy atom. The number of halogens is 2. The van der Waals surface area contributed by atoms with Gasteiger partial charge in [0.05, 0.1) is 16.4 Å². The molecule has 2 aromatic carbocycles. The number of anilines is 1. The average molecular weight is 305 g/mol. The lowest BCUT2D eigenvalue weighted by molar-refractivity contribution is 1.33. The molecule has 0 aromatic heterocycles. The first-order valence-corrected chi connectivity index (χ1v) is 6.89. The predicted molar refractivity (Wildman–Crippen MR) is 88.7 cm³/mol. The Balaban J connectivity index is 2.02. The Hall–Kier alpha value is -1.77. The number of allylic oxidation sites excluding steroid dienone is 1. The molecule has 0 atom stereocenters. The molecule has 0 fully saturated rings. The van der Waals surface area contributed by atoms with Crippen molar-refractivity contribution >= 4 is 40.7 Å². The van der Waals surface area contributed by atoms with Gasteiger partial charge in [0.1, 0.15) is 0 Å². The van der Waals surface area contributed by atoms with Gasteiger partial charge in [0.15, 0.2) is 0 Å². The first-order valence-electron chi connectivity index (χ1n) is 6.13. The maximum atomic E-state index is 6.05. The lowest BCUT2D eigenvalue weighted by atomic mass is 10.2. The molecule has 0 aliphatic rings. The number of hydrogen-bond donors (Lipinski definition) is 1. The topological polar surface area (TPSA) is 24.4 Å². The minimum atomic E-state index is 0.543. The summed E-state index contributed by atoms with van der Waals surface area (Å²) in [5.41, 5.74) is 5.63. The van der Waals surface area contributed by atoms with Gasteiger partial charge >= 0.3 is 0 Å². The zero-order valence-corrected chi connectivity index (χ0v) is 12.5. The summed E-state index contributed by atoms with van der Waals surface area (Å²) in [5.74, 6) is 0. The lowest BCUT2D eigenvalue weighted by Crippen LogP contribution is -1.94. The molecule has 102 valence electrons. The van der Waals surface area contributed by atoms with Crippen LogP contribution >= 0.6 is 23.2 Å². The number of rotatable bonds is 4. The quantitative estimate of drug-likeness (QED) is 0.586. The van der Waals surface area contributed by atoms with Crippen LogP contribution in [0.3, 0.4) is 0 Å². The van der Waals surface area contributed by atoms with Crippen LogP contribution in [0, 0.1) is 0 Å². The lowest BCUT2D eigenvalue weighted by Gasteiger charge is -2.04. The number of benzene rings is 2. The van der Waals surface area contributed by atoms with Gasteiger partial charge in [-0.05, 0) is 36.8 Å². The van der Waals surface area contributed by atoms with Crippen LogP contribution in [-0.2, 0) is 0 Å². The van der Waals surface area contributed by atoms with Crippen molar-refractivity contribution in [1.29, 1.82) is 0 Å². The highest BCUT2D eigenvalue weighted by Gasteiger charge is 1.99. The SMILES string of the molecule is CC(/C=C/c1ccccc1)=N/Nc1ccc(Cl)cc1Cl. The molecular formula is C16H14Cl2N2. The summed E-state index contributed by atoms with van der Waals surface area (Å²) < 4.78 is 0. The molecule has 0 bridgehead atoms. The molecule has 4 heteroatoms. The molecular weight excluding hydrogens is 291 g/mol. The number of hydrogen-bond acceptors (Lipinski definition) is 2. The van der Waals surface area contributed by atoms with Crippen molar-refractivity contribution in [2.75, 3.05) is 5.43 Å². The average Bonchev–Trinajstić information content (AvgIpc) is 2.45. The summed E-state index contributed by atoms with van der Waals surface area (Å²) in [6.07, 6.45) is 3.94. The summed E-state index contributed by atoms with van der Waals surface area (Å²) in [5, 5.41) is 5.40. The summed E-state index contributed by atoms with van der Waals surface area (Å²) >= 11 is 11.9. The van der Waals surface area contributed by atoms with Gasteiger partial charge in [-0.3, -0.25) is 5.43 Å². The third-order valence-corrected chi connectivity index (χ3v) is 3.15. The van der Waals surface area contributed by atoms with Crippen LogP contribution in [0.25, 0.3) is 6.08 Å². The predicted octanol–water partition coefficient (Wildman–Crippen LogP) is 5.49. The molecule has 0 radical (unpaired) electrons. The second-order valence-electron chi connectivity index (χ2n) is 4.23. The minimum absolute atomic E-state index is 0.543. The van der Waals surface area contributed by atoms with E-state index in [1.54, 1.807) is 18.2 Å². The van der Waals surface area contributed by atoms with Gasteiger partial charge in [-0.2, -0.15) is 5.10 Å². The Morgan fingerprint density at radius 2 is 1.85 bits per heavy atom. The van der Waals surface area contributed by atoms with Crippen molar-refractivity contribution in [2.24, 2.45) is 5.10 Å². The van der Waals surface area contributed by atoms with Gasteiger partial charge in [0.2, 0.25) is 0 Å². The van der Waals surface area contributed by atoms with Crippen molar-refractivity contribution in [3.8, 4) is 0 Å². The fourth-order valence-electron chi connectivity index (χ4n) is 1.55. The van der Waals surface area contributed by atoms with E-state index in [0.717, 1.165) is 17.0 Å². The van der Waals surface area contributed by atoms with Crippen LogP contribution in [0.5, 0.6) is 0 Å². The van der Waals surface area contributed by atoms with E-state index in [1.165, 1.54) is 0 Å². The van der Waals surface area contributed by atoms with Crippen LogP contribution in [0.4, 0.5) is 5.69 Å². The van der Waals surface area contributed by atoms with Crippen molar-refractivity contribution < 1.29 is 0 Å². The molecule has 0 aliphatic heterocycles.